The zero-order valence-electron chi connectivity index (χ0n) is 14.4. The number of ether oxygens (including phenoxy) is 1. The number of hydrogen-bond acceptors (Lipinski definition) is 6. The molecule has 0 unspecified atom stereocenters. The van der Waals surface area contributed by atoms with Gasteiger partial charge in [-0.2, -0.15) is 5.26 Å². The summed E-state index contributed by atoms with van der Waals surface area (Å²) >= 11 is 0. The number of benzene rings is 1. The second kappa shape index (κ2) is 8.21. The fraction of sp³-hybridized carbons (Fsp3) is 0.263. The maximum atomic E-state index is 13.6. The van der Waals surface area contributed by atoms with E-state index in [9.17, 15) is 24.3 Å². The molecule has 1 heterocycles. The van der Waals surface area contributed by atoms with Crippen molar-refractivity contribution in [1.29, 1.82) is 5.26 Å². The van der Waals surface area contributed by atoms with Crippen molar-refractivity contribution in [2.24, 2.45) is 0 Å². The monoisotopic (exact) mass is 356 g/mol. The fourth-order valence-electron chi connectivity index (χ4n) is 2.39. The number of ketones is 1. The molecule has 0 fully saturated rings. The van der Waals surface area contributed by atoms with E-state index in [1.165, 1.54) is 18.2 Å². The van der Waals surface area contributed by atoms with E-state index < -0.39 is 23.3 Å². The molecule has 2 aromatic rings. The molecule has 1 aromatic heterocycles. The number of halogens is 1. The third-order valence-corrected chi connectivity index (χ3v) is 3.71. The number of aryl methyl sites for hydroxylation is 1. The third-order valence-electron chi connectivity index (χ3n) is 3.71. The van der Waals surface area contributed by atoms with Crippen LogP contribution >= 0.6 is 0 Å². The van der Waals surface area contributed by atoms with Gasteiger partial charge in [0.15, 0.2) is 11.5 Å². The van der Waals surface area contributed by atoms with Gasteiger partial charge in [0.25, 0.3) is 0 Å². The molecule has 0 saturated heterocycles. The summed E-state index contributed by atoms with van der Waals surface area (Å²) in [5.74, 6) is -2.20. The molecule has 0 spiro atoms. The molecule has 0 atom stereocenters. The van der Waals surface area contributed by atoms with E-state index in [1.54, 1.807) is 26.0 Å². The highest BCUT2D eigenvalue weighted by Gasteiger charge is 2.20. The predicted octanol–water partition coefficient (Wildman–Crippen LogP) is 3.30. The van der Waals surface area contributed by atoms with Crippen LogP contribution in [-0.2, 0) is 9.53 Å². The Balaban J connectivity index is 2.44. The topological polar surface area (TPSA) is 100 Å². The first-order valence-electron chi connectivity index (χ1n) is 7.96. The van der Waals surface area contributed by atoms with E-state index in [1.807, 2.05) is 0 Å². The van der Waals surface area contributed by atoms with Gasteiger partial charge in [-0.15, -0.1) is 0 Å². The summed E-state index contributed by atoms with van der Waals surface area (Å²) in [4.78, 5) is 27.9. The molecule has 7 heteroatoms. The van der Waals surface area contributed by atoms with Crippen LogP contribution in [0.2, 0.25) is 0 Å². The Morgan fingerprint density at radius 1 is 1.31 bits per heavy atom. The second-order valence-corrected chi connectivity index (χ2v) is 5.55. The molecule has 0 aliphatic carbocycles. The molecule has 0 bridgehead atoms. The van der Waals surface area contributed by atoms with Gasteiger partial charge < -0.3 is 9.84 Å². The number of carbonyl (C=O) groups excluding carboxylic acids is 2. The summed E-state index contributed by atoms with van der Waals surface area (Å²) in [6, 6.07) is 7.16. The SMILES string of the molecule is CCOC(=O)CCC(=O)c1nc(-c2cc(F)ccc2C)cc(C#N)c1O. The smallest absolute Gasteiger partial charge is 0.306 e. The zero-order valence-corrected chi connectivity index (χ0v) is 14.4. The van der Waals surface area contributed by atoms with E-state index in [0.29, 0.717) is 11.1 Å². The summed E-state index contributed by atoms with van der Waals surface area (Å²) in [6.07, 6.45) is -0.394. The van der Waals surface area contributed by atoms with Crippen LogP contribution in [0.3, 0.4) is 0 Å². The van der Waals surface area contributed by atoms with Crippen LogP contribution in [0.25, 0.3) is 11.3 Å². The van der Waals surface area contributed by atoms with E-state index in [2.05, 4.69) is 4.98 Å². The van der Waals surface area contributed by atoms with Crippen molar-refractivity contribution in [3.05, 3.63) is 46.9 Å². The van der Waals surface area contributed by atoms with Crippen LogP contribution < -0.4 is 0 Å². The molecule has 0 saturated carbocycles. The van der Waals surface area contributed by atoms with Crippen molar-refractivity contribution in [2.75, 3.05) is 6.61 Å². The molecule has 1 aromatic carbocycles. The third kappa shape index (κ3) is 4.22. The van der Waals surface area contributed by atoms with Crippen LogP contribution in [0.15, 0.2) is 24.3 Å². The second-order valence-electron chi connectivity index (χ2n) is 5.55. The van der Waals surface area contributed by atoms with E-state index in [4.69, 9.17) is 4.74 Å². The van der Waals surface area contributed by atoms with Crippen LogP contribution in [0.1, 0.15) is 41.4 Å². The van der Waals surface area contributed by atoms with Crippen LogP contribution in [0, 0.1) is 24.1 Å². The van der Waals surface area contributed by atoms with Gasteiger partial charge >= 0.3 is 5.97 Å². The fourth-order valence-corrected chi connectivity index (χ4v) is 2.39. The lowest BCUT2D eigenvalue weighted by atomic mass is 10.0. The first-order valence-corrected chi connectivity index (χ1v) is 7.96. The van der Waals surface area contributed by atoms with E-state index in [-0.39, 0.29) is 36.4 Å². The Morgan fingerprint density at radius 2 is 2.04 bits per heavy atom. The number of pyridine rings is 1. The molecule has 6 nitrogen and oxygen atoms in total. The highest BCUT2D eigenvalue weighted by Crippen LogP contribution is 2.30. The van der Waals surface area contributed by atoms with Gasteiger partial charge in [-0.25, -0.2) is 9.37 Å². The van der Waals surface area contributed by atoms with Crippen LogP contribution in [0.4, 0.5) is 4.39 Å². The van der Waals surface area contributed by atoms with E-state index in [0.717, 1.165) is 0 Å². The van der Waals surface area contributed by atoms with Crippen molar-refractivity contribution < 1.29 is 23.8 Å². The zero-order chi connectivity index (χ0) is 19.3. The molecule has 1 N–H and O–H groups in total. The number of carbonyl (C=O) groups is 2. The average molecular weight is 356 g/mol. The quantitative estimate of drug-likeness (QED) is 0.629. The van der Waals surface area contributed by atoms with Crippen LogP contribution in [-0.4, -0.2) is 28.4 Å². The maximum absolute atomic E-state index is 13.6. The minimum Gasteiger partial charge on any atom is -0.504 e. The Hall–Kier alpha value is -3.27. The standard InChI is InChI=1S/C19H17FN2O4/c1-3-26-17(24)7-6-16(23)18-19(25)12(10-21)8-15(22-18)14-9-13(20)5-4-11(14)2/h4-5,8-9,25H,3,6-7H2,1-2H3. The lowest BCUT2D eigenvalue weighted by Crippen LogP contribution is -2.10. The number of Topliss-reactive ketones (excluding diaryl/α,β-unsaturated/α-hetero) is 1. The Labute approximate surface area is 149 Å². The van der Waals surface area contributed by atoms with Crippen molar-refractivity contribution in [1.82, 2.24) is 4.98 Å². The predicted molar refractivity (Wildman–Crippen MR) is 90.9 cm³/mol. The van der Waals surface area contributed by atoms with Gasteiger partial charge in [0.05, 0.1) is 24.3 Å². The molecule has 26 heavy (non-hydrogen) atoms. The number of nitrogens with zero attached hydrogens (tertiary/aromatic N) is 2. The summed E-state index contributed by atoms with van der Waals surface area (Å²) in [6.45, 7) is 3.58. The first kappa shape index (κ1) is 19.1. The molecule has 0 aliphatic rings. The number of esters is 1. The van der Waals surface area contributed by atoms with Crippen molar-refractivity contribution in [3.63, 3.8) is 0 Å². The lowest BCUT2D eigenvalue weighted by molar-refractivity contribution is -0.143. The minimum absolute atomic E-state index is 0.154. The van der Waals surface area contributed by atoms with Crippen molar-refractivity contribution in [2.45, 2.75) is 26.7 Å². The highest BCUT2D eigenvalue weighted by atomic mass is 19.1. The molecule has 134 valence electrons. The van der Waals surface area contributed by atoms with Gasteiger partial charge in [-0.3, -0.25) is 9.59 Å². The molecular weight excluding hydrogens is 339 g/mol. The summed E-state index contributed by atoms with van der Waals surface area (Å²) in [5, 5.41) is 19.3. The number of aromatic nitrogens is 1. The molecular formula is C19H17FN2O4. The summed E-state index contributed by atoms with van der Waals surface area (Å²) in [5.41, 5.74) is 0.806. The number of hydrogen-bond donors (Lipinski definition) is 1. The molecule has 2 rings (SSSR count). The lowest BCUT2D eigenvalue weighted by Gasteiger charge is -2.10. The largest absolute Gasteiger partial charge is 0.504 e. The van der Waals surface area contributed by atoms with Crippen LogP contribution in [0.5, 0.6) is 5.75 Å². The highest BCUT2D eigenvalue weighted by molar-refractivity contribution is 5.99. The van der Waals surface area contributed by atoms with Crippen molar-refractivity contribution >= 4 is 11.8 Å². The Kier molecular flexibility index (Phi) is 6.02. The van der Waals surface area contributed by atoms with Gasteiger partial charge in [-0.05, 0) is 37.6 Å². The summed E-state index contributed by atoms with van der Waals surface area (Å²) < 4.78 is 18.3. The average Bonchev–Trinajstić information content (AvgIpc) is 2.62. The van der Waals surface area contributed by atoms with Gasteiger partial charge in [-0.1, -0.05) is 6.07 Å². The van der Waals surface area contributed by atoms with Gasteiger partial charge in [0.1, 0.15) is 17.6 Å². The first-order chi connectivity index (χ1) is 12.4. The minimum atomic E-state index is -0.608. The molecule has 0 radical (unpaired) electrons. The van der Waals surface area contributed by atoms with E-state index >= 15 is 0 Å². The Bertz CT molecular complexity index is 903. The number of aromatic hydroxyl groups is 1. The normalized spacial score (nSPS) is 10.2. The molecule has 0 amide bonds. The maximum Gasteiger partial charge on any atom is 0.306 e. The van der Waals surface area contributed by atoms with Gasteiger partial charge in [0.2, 0.25) is 0 Å². The Morgan fingerprint density at radius 3 is 2.69 bits per heavy atom. The van der Waals surface area contributed by atoms with Gasteiger partial charge in [0, 0.05) is 12.0 Å². The van der Waals surface area contributed by atoms with Crippen molar-refractivity contribution in [3.8, 4) is 23.1 Å². The molecule has 0 aliphatic heterocycles. The summed E-state index contributed by atoms with van der Waals surface area (Å²) in [7, 11) is 0. The number of nitriles is 1. The number of rotatable bonds is 6.